The van der Waals surface area contributed by atoms with Gasteiger partial charge in [-0.15, -0.1) is 0 Å². The van der Waals surface area contributed by atoms with Crippen molar-refractivity contribution in [2.75, 3.05) is 32.7 Å². The minimum atomic E-state index is -1.07. The number of aliphatic hydroxyl groups is 2. The molecule has 21 heavy (non-hydrogen) atoms. The summed E-state index contributed by atoms with van der Waals surface area (Å²) >= 11 is 0. The number of methoxy groups -OCH3 is 1. The Hall–Kier alpha value is -1.52. The molecule has 2 rings (SSSR count). The van der Waals surface area contributed by atoms with E-state index in [9.17, 15) is 15.0 Å². The summed E-state index contributed by atoms with van der Waals surface area (Å²) in [4.78, 5) is 15.5. The molecule has 0 aromatic carbocycles. The highest BCUT2D eigenvalue weighted by Crippen LogP contribution is 2.30. The predicted molar refractivity (Wildman–Crippen MR) is 71.5 cm³/mol. The lowest BCUT2D eigenvalue weighted by molar-refractivity contribution is -0.0818. The van der Waals surface area contributed by atoms with Gasteiger partial charge in [0, 0.05) is 13.3 Å². The number of nitrogen functional groups attached to an aromatic ring is 1. The number of aliphatic hydroxyl groups excluding tert-OH is 2. The van der Waals surface area contributed by atoms with Crippen LogP contribution in [-0.4, -0.2) is 65.0 Å². The maximum Gasteiger partial charge on any atom is 0.351 e. The molecular weight excluding hydrogens is 282 g/mol. The molecule has 1 aliphatic heterocycles. The van der Waals surface area contributed by atoms with Crippen LogP contribution in [0, 0.1) is 0 Å². The number of ether oxygens (including phenoxy) is 3. The first kappa shape index (κ1) is 15.9. The van der Waals surface area contributed by atoms with Gasteiger partial charge in [-0.05, 0) is 6.07 Å². The molecule has 0 amide bonds. The number of hydrogen-bond donors (Lipinski definition) is 3. The van der Waals surface area contributed by atoms with E-state index >= 15 is 0 Å². The van der Waals surface area contributed by atoms with Crippen LogP contribution in [-0.2, 0) is 14.2 Å². The summed E-state index contributed by atoms with van der Waals surface area (Å²) in [6.45, 7) is 0.154. The zero-order chi connectivity index (χ0) is 15.4. The molecule has 1 aromatic heterocycles. The van der Waals surface area contributed by atoms with Gasteiger partial charge in [-0.3, -0.25) is 4.57 Å². The summed E-state index contributed by atoms with van der Waals surface area (Å²) in [7, 11) is 1.52. The summed E-state index contributed by atoms with van der Waals surface area (Å²) in [5, 5.41) is 19.3. The van der Waals surface area contributed by atoms with E-state index < -0.39 is 30.2 Å². The Morgan fingerprint density at radius 1 is 1.52 bits per heavy atom. The Bertz CT molecular complexity index is 522. The second-order valence-corrected chi connectivity index (χ2v) is 4.61. The standard InChI is InChI=1S/C12H19N3O6/c1-19-4-5-20-10-9(17)7(6-16)21-11(10)15-3-2-8(13)14-12(15)18/h2-3,7,9-11,16-17H,4-6H2,1H3,(H2,13,14,18)/t7?,9?,10-,11?/m0/s1. The van der Waals surface area contributed by atoms with Crippen molar-refractivity contribution in [3.63, 3.8) is 0 Å². The first-order chi connectivity index (χ1) is 10.1. The first-order valence-corrected chi connectivity index (χ1v) is 6.48. The monoisotopic (exact) mass is 301 g/mol. The van der Waals surface area contributed by atoms with Crippen LogP contribution < -0.4 is 11.4 Å². The van der Waals surface area contributed by atoms with Crippen molar-refractivity contribution in [2.45, 2.75) is 24.5 Å². The van der Waals surface area contributed by atoms with Crippen LogP contribution in [0.5, 0.6) is 0 Å². The van der Waals surface area contributed by atoms with Gasteiger partial charge in [0.1, 0.15) is 24.1 Å². The van der Waals surface area contributed by atoms with Gasteiger partial charge < -0.3 is 30.2 Å². The van der Waals surface area contributed by atoms with E-state index in [1.54, 1.807) is 0 Å². The Labute approximate surface area is 120 Å². The zero-order valence-electron chi connectivity index (χ0n) is 11.6. The second-order valence-electron chi connectivity index (χ2n) is 4.61. The van der Waals surface area contributed by atoms with Crippen molar-refractivity contribution in [2.24, 2.45) is 0 Å². The normalized spacial score (nSPS) is 28.9. The summed E-state index contributed by atoms with van der Waals surface area (Å²) in [6, 6.07) is 1.44. The van der Waals surface area contributed by atoms with E-state index in [0.717, 1.165) is 0 Å². The van der Waals surface area contributed by atoms with Crippen LogP contribution in [0.1, 0.15) is 6.23 Å². The smallest absolute Gasteiger partial charge is 0.351 e. The highest BCUT2D eigenvalue weighted by Gasteiger charge is 2.45. The number of rotatable bonds is 6. The summed E-state index contributed by atoms with van der Waals surface area (Å²) in [5.74, 6) is 0.0883. The predicted octanol–water partition coefficient (Wildman–Crippen LogP) is -1.89. The van der Waals surface area contributed by atoms with Crippen LogP contribution in [0.25, 0.3) is 0 Å². The van der Waals surface area contributed by atoms with Crippen LogP contribution in [0.3, 0.4) is 0 Å². The van der Waals surface area contributed by atoms with Gasteiger partial charge in [0.05, 0.1) is 19.8 Å². The van der Waals surface area contributed by atoms with Crippen molar-refractivity contribution in [1.29, 1.82) is 0 Å². The quantitative estimate of drug-likeness (QED) is 0.520. The molecule has 2 heterocycles. The van der Waals surface area contributed by atoms with E-state index in [1.807, 2.05) is 0 Å². The van der Waals surface area contributed by atoms with Gasteiger partial charge in [-0.25, -0.2) is 4.79 Å². The molecule has 0 spiro atoms. The molecule has 1 aromatic rings. The van der Waals surface area contributed by atoms with E-state index in [2.05, 4.69) is 4.98 Å². The van der Waals surface area contributed by atoms with Gasteiger partial charge in [0.25, 0.3) is 0 Å². The molecule has 9 nitrogen and oxygen atoms in total. The Morgan fingerprint density at radius 3 is 2.90 bits per heavy atom. The highest BCUT2D eigenvalue weighted by molar-refractivity contribution is 5.23. The molecule has 1 fully saturated rings. The Balaban J connectivity index is 2.23. The van der Waals surface area contributed by atoms with Crippen molar-refractivity contribution in [3.05, 3.63) is 22.7 Å². The summed E-state index contributed by atoms with van der Waals surface area (Å²) < 4.78 is 17.0. The minimum Gasteiger partial charge on any atom is -0.394 e. The lowest BCUT2D eigenvalue weighted by Gasteiger charge is -2.22. The molecule has 1 aliphatic rings. The van der Waals surface area contributed by atoms with E-state index in [0.29, 0.717) is 6.61 Å². The first-order valence-electron chi connectivity index (χ1n) is 6.48. The van der Waals surface area contributed by atoms with Gasteiger partial charge in [-0.1, -0.05) is 0 Å². The maximum absolute atomic E-state index is 11.9. The van der Waals surface area contributed by atoms with Crippen LogP contribution in [0.2, 0.25) is 0 Å². The number of hydrogen-bond acceptors (Lipinski definition) is 8. The molecule has 4 atom stereocenters. The lowest BCUT2D eigenvalue weighted by atomic mass is 10.1. The van der Waals surface area contributed by atoms with Crippen molar-refractivity contribution >= 4 is 5.82 Å². The third-order valence-corrected chi connectivity index (χ3v) is 3.22. The van der Waals surface area contributed by atoms with E-state index in [4.69, 9.17) is 19.9 Å². The largest absolute Gasteiger partial charge is 0.394 e. The van der Waals surface area contributed by atoms with Gasteiger partial charge in [0.2, 0.25) is 0 Å². The molecule has 0 aliphatic carbocycles. The highest BCUT2D eigenvalue weighted by atomic mass is 16.6. The molecule has 3 unspecified atom stereocenters. The fourth-order valence-electron chi connectivity index (χ4n) is 2.16. The number of aromatic nitrogens is 2. The van der Waals surface area contributed by atoms with Gasteiger partial charge >= 0.3 is 5.69 Å². The average Bonchev–Trinajstić information content (AvgIpc) is 2.76. The van der Waals surface area contributed by atoms with Crippen molar-refractivity contribution in [1.82, 2.24) is 9.55 Å². The third-order valence-electron chi connectivity index (χ3n) is 3.22. The lowest BCUT2D eigenvalue weighted by Crippen LogP contribution is -2.38. The van der Waals surface area contributed by atoms with Crippen LogP contribution in [0.15, 0.2) is 17.1 Å². The van der Waals surface area contributed by atoms with Crippen LogP contribution >= 0.6 is 0 Å². The van der Waals surface area contributed by atoms with Crippen LogP contribution in [0.4, 0.5) is 5.82 Å². The second kappa shape index (κ2) is 6.96. The molecule has 4 N–H and O–H groups in total. The molecule has 0 saturated carbocycles. The molecule has 0 bridgehead atoms. The topological polar surface area (TPSA) is 129 Å². The van der Waals surface area contributed by atoms with E-state index in [1.165, 1.54) is 23.9 Å². The molecule has 118 valence electrons. The summed E-state index contributed by atoms with van der Waals surface area (Å²) in [6.07, 6.45) is -2.21. The SMILES string of the molecule is COCCO[C@H]1C(O)C(CO)OC1n1ccc(N)nc1=O. The summed E-state index contributed by atoms with van der Waals surface area (Å²) in [5.41, 5.74) is 4.82. The minimum absolute atomic E-state index is 0.0883. The fraction of sp³-hybridized carbons (Fsp3) is 0.667. The maximum atomic E-state index is 11.9. The van der Waals surface area contributed by atoms with Gasteiger partial charge in [-0.2, -0.15) is 4.98 Å². The fourth-order valence-corrected chi connectivity index (χ4v) is 2.16. The number of nitrogens with two attached hydrogens (primary N) is 1. The molecule has 9 heteroatoms. The zero-order valence-corrected chi connectivity index (χ0v) is 11.6. The Morgan fingerprint density at radius 2 is 2.29 bits per heavy atom. The third kappa shape index (κ3) is 3.39. The number of nitrogens with zero attached hydrogens (tertiary/aromatic N) is 2. The van der Waals surface area contributed by atoms with Crippen molar-refractivity contribution < 1.29 is 24.4 Å². The molecule has 1 saturated heterocycles. The average molecular weight is 301 g/mol. The Kier molecular flexibility index (Phi) is 5.26. The van der Waals surface area contributed by atoms with E-state index in [-0.39, 0.29) is 19.0 Å². The molecular formula is C12H19N3O6. The molecule has 0 radical (unpaired) electrons. The van der Waals surface area contributed by atoms with Gasteiger partial charge in [0.15, 0.2) is 6.23 Å². The van der Waals surface area contributed by atoms with Crippen molar-refractivity contribution in [3.8, 4) is 0 Å². The number of anilines is 1.